The number of nitrogen functional groups attached to an aromatic ring is 1. The second-order valence-electron chi connectivity index (χ2n) is 5.12. The molecule has 9 heteroatoms. The molecular weight excluding hydrogens is 342 g/mol. The van der Waals surface area contributed by atoms with Crippen molar-refractivity contribution < 1.29 is 27.1 Å². The number of halogens is 4. The van der Waals surface area contributed by atoms with Gasteiger partial charge in [0, 0.05) is 5.56 Å². The molecule has 0 unspecified atom stereocenters. The molecule has 2 N–H and O–H groups in total. The SMILES string of the molecule is Nc1cccc(-c2ccc(N3N=CCOC3=O)cc2C(F)(F)F)c1F. The molecule has 2 aromatic carbocycles. The minimum Gasteiger partial charge on any atom is -0.442 e. The molecule has 0 fully saturated rings. The summed E-state index contributed by atoms with van der Waals surface area (Å²) in [4.78, 5) is 11.6. The maximum Gasteiger partial charge on any atom is 0.435 e. The number of anilines is 2. The van der Waals surface area contributed by atoms with Crippen LogP contribution in [0.25, 0.3) is 11.1 Å². The van der Waals surface area contributed by atoms with Crippen LogP contribution >= 0.6 is 0 Å². The zero-order valence-corrected chi connectivity index (χ0v) is 12.5. The Labute approximate surface area is 139 Å². The summed E-state index contributed by atoms with van der Waals surface area (Å²) in [6.45, 7) is -0.0615. The van der Waals surface area contributed by atoms with Crippen LogP contribution in [0.15, 0.2) is 41.5 Å². The topological polar surface area (TPSA) is 67.9 Å². The summed E-state index contributed by atoms with van der Waals surface area (Å²) >= 11 is 0. The van der Waals surface area contributed by atoms with E-state index in [0.29, 0.717) is 11.1 Å². The number of amides is 1. The number of hydrogen-bond acceptors (Lipinski definition) is 4. The van der Waals surface area contributed by atoms with Gasteiger partial charge in [-0.3, -0.25) is 0 Å². The molecule has 1 amide bonds. The first-order valence-corrected chi connectivity index (χ1v) is 7.04. The van der Waals surface area contributed by atoms with E-state index in [-0.39, 0.29) is 23.5 Å². The fraction of sp³-hybridized carbons (Fsp3) is 0.125. The molecule has 3 rings (SSSR count). The summed E-state index contributed by atoms with van der Waals surface area (Å²) in [5.74, 6) is -0.948. The molecule has 0 spiro atoms. The van der Waals surface area contributed by atoms with Crippen molar-refractivity contribution in [3.05, 3.63) is 47.8 Å². The van der Waals surface area contributed by atoms with Crippen molar-refractivity contribution in [1.82, 2.24) is 0 Å². The van der Waals surface area contributed by atoms with Gasteiger partial charge in [-0.05, 0) is 23.8 Å². The van der Waals surface area contributed by atoms with Crippen molar-refractivity contribution in [3.63, 3.8) is 0 Å². The van der Waals surface area contributed by atoms with Crippen molar-refractivity contribution >= 4 is 23.7 Å². The number of hydrogen-bond donors (Lipinski definition) is 1. The molecule has 0 saturated heterocycles. The number of carbonyl (C=O) groups excluding carboxylic acids is 1. The summed E-state index contributed by atoms with van der Waals surface area (Å²) < 4.78 is 59.3. The maximum atomic E-state index is 14.2. The third-order valence-corrected chi connectivity index (χ3v) is 3.52. The summed E-state index contributed by atoms with van der Waals surface area (Å²) in [7, 11) is 0. The lowest BCUT2D eigenvalue weighted by Gasteiger charge is -2.22. The predicted octanol–water partition coefficient (Wildman–Crippen LogP) is 4.04. The van der Waals surface area contributed by atoms with Gasteiger partial charge in [0.25, 0.3) is 0 Å². The molecule has 1 aliphatic heterocycles. The Morgan fingerprint density at radius 1 is 1.16 bits per heavy atom. The van der Waals surface area contributed by atoms with E-state index in [2.05, 4.69) is 5.10 Å². The van der Waals surface area contributed by atoms with E-state index < -0.39 is 29.2 Å². The Morgan fingerprint density at radius 2 is 1.92 bits per heavy atom. The van der Waals surface area contributed by atoms with Crippen LogP contribution in [0.2, 0.25) is 0 Å². The summed E-state index contributed by atoms with van der Waals surface area (Å²) in [6.07, 6.45) is -4.45. The molecule has 0 radical (unpaired) electrons. The highest BCUT2D eigenvalue weighted by Gasteiger charge is 2.36. The number of carbonyl (C=O) groups is 1. The first-order chi connectivity index (χ1) is 11.8. The number of ether oxygens (including phenoxy) is 1. The molecule has 5 nitrogen and oxygen atoms in total. The van der Waals surface area contributed by atoms with Crippen molar-refractivity contribution in [2.75, 3.05) is 17.3 Å². The number of rotatable bonds is 2. The smallest absolute Gasteiger partial charge is 0.435 e. The van der Waals surface area contributed by atoms with Gasteiger partial charge in [-0.2, -0.15) is 23.3 Å². The minimum atomic E-state index is -4.79. The standard InChI is InChI=1S/C16H11F4N3O2/c17-14-11(2-1-3-13(14)21)10-5-4-9(8-12(10)16(18,19)20)23-15(24)25-7-6-22-23/h1-6,8H,7,21H2. The van der Waals surface area contributed by atoms with Crippen molar-refractivity contribution in [2.24, 2.45) is 5.10 Å². The van der Waals surface area contributed by atoms with Crippen molar-refractivity contribution in [3.8, 4) is 11.1 Å². The zero-order chi connectivity index (χ0) is 18.2. The molecular formula is C16H11F4N3O2. The van der Waals surface area contributed by atoms with Crippen LogP contribution in [-0.2, 0) is 10.9 Å². The number of benzene rings is 2. The second-order valence-corrected chi connectivity index (χ2v) is 5.12. The highest BCUT2D eigenvalue weighted by atomic mass is 19.4. The molecule has 0 atom stereocenters. The number of cyclic esters (lactones) is 1. The predicted molar refractivity (Wildman–Crippen MR) is 83.6 cm³/mol. The van der Waals surface area contributed by atoms with Gasteiger partial charge in [-0.25, -0.2) is 9.18 Å². The van der Waals surface area contributed by atoms with Gasteiger partial charge in [0.2, 0.25) is 0 Å². The highest BCUT2D eigenvalue weighted by Crippen LogP contribution is 2.41. The first kappa shape index (κ1) is 16.7. The molecule has 0 bridgehead atoms. The molecule has 2 aromatic rings. The third-order valence-electron chi connectivity index (χ3n) is 3.52. The van der Waals surface area contributed by atoms with Crippen LogP contribution < -0.4 is 10.7 Å². The van der Waals surface area contributed by atoms with E-state index >= 15 is 0 Å². The fourth-order valence-corrected chi connectivity index (χ4v) is 2.40. The molecule has 0 saturated carbocycles. The maximum absolute atomic E-state index is 14.2. The van der Waals surface area contributed by atoms with Crippen molar-refractivity contribution in [2.45, 2.75) is 6.18 Å². The normalized spacial score (nSPS) is 14.6. The summed E-state index contributed by atoms with van der Waals surface area (Å²) in [6, 6.07) is 6.79. The zero-order valence-electron chi connectivity index (χ0n) is 12.5. The first-order valence-electron chi connectivity index (χ1n) is 7.04. The van der Waals surface area contributed by atoms with Crippen LogP contribution in [-0.4, -0.2) is 18.9 Å². The fourth-order valence-electron chi connectivity index (χ4n) is 2.40. The molecule has 25 heavy (non-hydrogen) atoms. The van der Waals surface area contributed by atoms with Crippen molar-refractivity contribution in [1.29, 1.82) is 0 Å². The lowest BCUT2D eigenvalue weighted by molar-refractivity contribution is -0.137. The molecule has 0 aromatic heterocycles. The van der Waals surface area contributed by atoms with E-state index in [4.69, 9.17) is 10.5 Å². The number of alkyl halides is 3. The molecule has 0 aliphatic carbocycles. The molecule has 130 valence electrons. The Bertz CT molecular complexity index is 865. The summed E-state index contributed by atoms with van der Waals surface area (Å²) in [5, 5.41) is 4.40. The Hall–Kier alpha value is -3.10. The van der Waals surface area contributed by atoms with Crippen LogP contribution in [0.3, 0.4) is 0 Å². The number of nitrogens with two attached hydrogens (primary N) is 1. The van der Waals surface area contributed by atoms with Gasteiger partial charge in [0.05, 0.1) is 23.2 Å². The van der Waals surface area contributed by atoms with Gasteiger partial charge in [-0.1, -0.05) is 18.2 Å². The Morgan fingerprint density at radius 3 is 2.60 bits per heavy atom. The van der Waals surface area contributed by atoms with Crippen LogP contribution in [0.5, 0.6) is 0 Å². The average Bonchev–Trinajstić information content (AvgIpc) is 2.57. The van der Waals surface area contributed by atoms with Crippen LogP contribution in [0.1, 0.15) is 5.56 Å². The lowest BCUT2D eigenvalue weighted by atomic mass is 9.97. The summed E-state index contributed by atoms with van der Waals surface area (Å²) in [5.41, 5.74) is 3.22. The average molecular weight is 353 g/mol. The van der Waals surface area contributed by atoms with E-state index in [9.17, 15) is 22.4 Å². The van der Waals surface area contributed by atoms with Gasteiger partial charge in [0.1, 0.15) is 6.61 Å². The third kappa shape index (κ3) is 3.12. The van der Waals surface area contributed by atoms with Gasteiger partial charge < -0.3 is 10.5 Å². The van der Waals surface area contributed by atoms with Gasteiger partial charge in [0.15, 0.2) is 5.82 Å². The number of nitrogens with zero attached hydrogens (tertiary/aromatic N) is 2. The van der Waals surface area contributed by atoms with Gasteiger partial charge in [-0.15, -0.1) is 0 Å². The van der Waals surface area contributed by atoms with Crippen LogP contribution in [0, 0.1) is 5.82 Å². The Kier molecular flexibility index (Phi) is 4.07. The van der Waals surface area contributed by atoms with E-state index in [1.165, 1.54) is 30.5 Å². The molecule has 1 aliphatic rings. The van der Waals surface area contributed by atoms with E-state index in [1.807, 2.05) is 0 Å². The Balaban J connectivity index is 2.17. The van der Waals surface area contributed by atoms with E-state index in [0.717, 1.165) is 6.07 Å². The van der Waals surface area contributed by atoms with E-state index in [1.54, 1.807) is 0 Å². The molecule has 1 heterocycles. The quantitative estimate of drug-likeness (QED) is 0.655. The highest BCUT2D eigenvalue weighted by molar-refractivity contribution is 5.92. The van der Waals surface area contributed by atoms with Gasteiger partial charge >= 0.3 is 12.3 Å². The second kappa shape index (κ2) is 6.08. The minimum absolute atomic E-state index is 0.0615. The largest absolute Gasteiger partial charge is 0.442 e. The number of hydrazone groups is 1. The monoisotopic (exact) mass is 353 g/mol. The lowest BCUT2D eigenvalue weighted by Crippen LogP contribution is -2.31. The van der Waals surface area contributed by atoms with Crippen LogP contribution in [0.4, 0.5) is 33.7 Å².